The van der Waals surface area contributed by atoms with Crippen molar-refractivity contribution in [2.45, 2.75) is 0 Å². The van der Waals surface area contributed by atoms with Gasteiger partial charge in [-0.05, 0) is 40.6 Å². The first kappa shape index (κ1) is 11.2. The van der Waals surface area contributed by atoms with Gasteiger partial charge in [0, 0.05) is 18.6 Å². The van der Waals surface area contributed by atoms with Crippen molar-refractivity contribution in [3.05, 3.63) is 66.2 Å². The maximum absolute atomic E-state index is 8.87. The Morgan fingerprint density at radius 2 is 1.95 bits per heavy atom. The van der Waals surface area contributed by atoms with Crippen LogP contribution in [-0.2, 0) is 0 Å². The third-order valence-electron chi connectivity index (χ3n) is 2.96. The molecule has 1 heterocycles. The Labute approximate surface area is 111 Å². The molecule has 3 nitrogen and oxygen atoms in total. The number of hydrogen-bond donors (Lipinski definition) is 0. The van der Waals surface area contributed by atoms with Crippen molar-refractivity contribution < 1.29 is 0 Å². The molecule has 0 radical (unpaired) electrons. The number of imidazole rings is 1. The smallest absolute Gasteiger partial charge is 0.0991 e. The van der Waals surface area contributed by atoms with Crippen molar-refractivity contribution >= 4 is 23.0 Å². The maximum atomic E-state index is 8.87. The Morgan fingerprint density at radius 1 is 1.11 bits per heavy atom. The minimum absolute atomic E-state index is 0.689. The van der Waals surface area contributed by atoms with Crippen LogP contribution in [-0.4, -0.2) is 9.55 Å². The molecule has 0 fully saturated rings. The molecule has 90 valence electrons. The standard InChI is InChI=1S/C16H11N3/c17-11-14-2-4-15-9-13(1-3-16(15)10-14)5-7-19-8-6-18-12-19/h1-10,12H. The Hall–Kier alpha value is -2.86. The molecule has 0 saturated heterocycles. The van der Waals surface area contributed by atoms with Gasteiger partial charge in [-0.15, -0.1) is 0 Å². The zero-order valence-corrected chi connectivity index (χ0v) is 10.2. The highest BCUT2D eigenvalue weighted by atomic mass is 15.0. The minimum atomic E-state index is 0.689. The minimum Gasteiger partial charge on any atom is -0.313 e. The van der Waals surface area contributed by atoms with E-state index in [-0.39, 0.29) is 0 Å². The highest BCUT2D eigenvalue weighted by Crippen LogP contribution is 2.18. The fraction of sp³-hybridized carbons (Fsp3) is 0. The predicted molar refractivity (Wildman–Crippen MR) is 76.1 cm³/mol. The van der Waals surface area contributed by atoms with Gasteiger partial charge in [-0.25, -0.2) is 4.98 Å². The van der Waals surface area contributed by atoms with Crippen LogP contribution in [0.4, 0.5) is 0 Å². The van der Waals surface area contributed by atoms with E-state index in [0.29, 0.717) is 5.56 Å². The molecule has 0 spiro atoms. The molecule has 0 atom stereocenters. The first-order chi connectivity index (χ1) is 9.35. The summed E-state index contributed by atoms with van der Waals surface area (Å²) in [6.45, 7) is 0. The zero-order chi connectivity index (χ0) is 13.1. The summed E-state index contributed by atoms with van der Waals surface area (Å²) in [5.74, 6) is 0. The third kappa shape index (κ3) is 2.38. The monoisotopic (exact) mass is 245 g/mol. The van der Waals surface area contributed by atoms with Gasteiger partial charge in [0.25, 0.3) is 0 Å². The van der Waals surface area contributed by atoms with Crippen LogP contribution in [0.5, 0.6) is 0 Å². The number of benzene rings is 2. The highest BCUT2D eigenvalue weighted by molar-refractivity contribution is 5.86. The molecule has 3 rings (SSSR count). The quantitative estimate of drug-likeness (QED) is 0.693. The van der Waals surface area contributed by atoms with Gasteiger partial charge in [-0.2, -0.15) is 5.26 Å². The number of nitrogens with zero attached hydrogens (tertiary/aromatic N) is 3. The summed E-state index contributed by atoms with van der Waals surface area (Å²) < 4.78 is 1.89. The van der Waals surface area contributed by atoms with Gasteiger partial charge in [-0.1, -0.05) is 18.2 Å². The van der Waals surface area contributed by atoms with Gasteiger partial charge < -0.3 is 4.57 Å². The van der Waals surface area contributed by atoms with Crippen LogP contribution in [0, 0.1) is 11.3 Å². The molecule has 0 aliphatic carbocycles. The second kappa shape index (κ2) is 4.79. The van der Waals surface area contributed by atoms with Crippen LogP contribution in [0.2, 0.25) is 0 Å². The molecule has 0 N–H and O–H groups in total. The molecule has 3 heteroatoms. The van der Waals surface area contributed by atoms with Gasteiger partial charge in [0.05, 0.1) is 18.0 Å². The van der Waals surface area contributed by atoms with Gasteiger partial charge in [0.2, 0.25) is 0 Å². The van der Waals surface area contributed by atoms with Crippen LogP contribution < -0.4 is 0 Å². The molecule has 0 aliphatic rings. The zero-order valence-electron chi connectivity index (χ0n) is 10.2. The number of rotatable bonds is 2. The summed E-state index contributed by atoms with van der Waals surface area (Å²) in [5.41, 5.74) is 1.81. The lowest BCUT2D eigenvalue weighted by Crippen LogP contribution is -1.81. The van der Waals surface area contributed by atoms with Crippen molar-refractivity contribution in [2.75, 3.05) is 0 Å². The summed E-state index contributed by atoms with van der Waals surface area (Å²) in [6, 6.07) is 14.0. The second-order valence-electron chi connectivity index (χ2n) is 4.26. The topological polar surface area (TPSA) is 41.6 Å². The lowest BCUT2D eigenvalue weighted by molar-refractivity contribution is 1.14. The van der Waals surface area contributed by atoms with E-state index in [0.717, 1.165) is 16.3 Å². The van der Waals surface area contributed by atoms with Crippen LogP contribution in [0.25, 0.3) is 23.0 Å². The van der Waals surface area contributed by atoms with Crippen LogP contribution in [0.15, 0.2) is 55.1 Å². The first-order valence-electron chi connectivity index (χ1n) is 5.95. The van der Waals surface area contributed by atoms with Crippen molar-refractivity contribution in [3.63, 3.8) is 0 Å². The molecule has 0 bridgehead atoms. The van der Waals surface area contributed by atoms with Crippen LogP contribution >= 0.6 is 0 Å². The highest BCUT2D eigenvalue weighted by Gasteiger charge is 1.96. The molecule has 1 aromatic heterocycles. The number of aromatic nitrogens is 2. The fourth-order valence-corrected chi connectivity index (χ4v) is 1.97. The van der Waals surface area contributed by atoms with E-state index in [2.05, 4.69) is 17.1 Å². The molecule has 0 aliphatic heterocycles. The molecule has 2 aromatic carbocycles. The van der Waals surface area contributed by atoms with E-state index in [1.54, 1.807) is 12.5 Å². The van der Waals surface area contributed by atoms with E-state index >= 15 is 0 Å². The largest absolute Gasteiger partial charge is 0.313 e. The number of fused-ring (bicyclic) bond motifs is 1. The average Bonchev–Trinajstić information content (AvgIpc) is 2.97. The molecular formula is C16H11N3. The van der Waals surface area contributed by atoms with E-state index in [9.17, 15) is 0 Å². The lowest BCUT2D eigenvalue weighted by atomic mass is 10.0. The fourth-order valence-electron chi connectivity index (χ4n) is 1.97. The molecule has 0 unspecified atom stereocenters. The summed E-state index contributed by atoms with van der Waals surface area (Å²) in [7, 11) is 0. The van der Waals surface area contributed by atoms with E-state index in [4.69, 9.17) is 5.26 Å². The predicted octanol–water partition coefficient (Wildman–Crippen LogP) is 3.54. The average molecular weight is 245 g/mol. The summed E-state index contributed by atoms with van der Waals surface area (Å²) in [4.78, 5) is 3.98. The summed E-state index contributed by atoms with van der Waals surface area (Å²) >= 11 is 0. The van der Waals surface area contributed by atoms with Crippen molar-refractivity contribution in [3.8, 4) is 6.07 Å². The normalized spacial score (nSPS) is 10.9. The Balaban J connectivity index is 1.96. The van der Waals surface area contributed by atoms with Crippen molar-refractivity contribution in [2.24, 2.45) is 0 Å². The van der Waals surface area contributed by atoms with Gasteiger partial charge >= 0.3 is 0 Å². The van der Waals surface area contributed by atoms with E-state index in [1.807, 2.05) is 53.4 Å². The van der Waals surface area contributed by atoms with E-state index < -0.39 is 0 Å². The van der Waals surface area contributed by atoms with Crippen molar-refractivity contribution in [1.82, 2.24) is 9.55 Å². The molecule has 0 amide bonds. The third-order valence-corrected chi connectivity index (χ3v) is 2.96. The van der Waals surface area contributed by atoms with Gasteiger partial charge in [0.15, 0.2) is 0 Å². The Bertz CT molecular complexity index is 777. The maximum Gasteiger partial charge on any atom is 0.0991 e. The van der Waals surface area contributed by atoms with Gasteiger partial charge in [-0.3, -0.25) is 0 Å². The van der Waals surface area contributed by atoms with Gasteiger partial charge in [0.1, 0.15) is 0 Å². The lowest BCUT2D eigenvalue weighted by Gasteiger charge is -2.00. The molecular weight excluding hydrogens is 234 g/mol. The molecule has 0 saturated carbocycles. The summed E-state index contributed by atoms with van der Waals surface area (Å²) in [5, 5.41) is 11.1. The summed E-state index contributed by atoms with van der Waals surface area (Å²) in [6.07, 6.45) is 9.36. The van der Waals surface area contributed by atoms with Crippen molar-refractivity contribution in [1.29, 1.82) is 5.26 Å². The second-order valence-corrected chi connectivity index (χ2v) is 4.26. The van der Waals surface area contributed by atoms with Crippen LogP contribution in [0.3, 0.4) is 0 Å². The molecule has 19 heavy (non-hydrogen) atoms. The van der Waals surface area contributed by atoms with E-state index in [1.165, 1.54) is 0 Å². The Kier molecular flexibility index (Phi) is 2.83. The number of hydrogen-bond acceptors (Lipinski definition) is 2. The SMILES string of the molecule is N#Cc1ccc2cc(C=Cn3ccnc3)ccc2c1. The Morgan fingerprint density at radius 3 is 2.74 bits per heavy atom. The van der Waals surface area contributed by atoms with Crippen LogP contribution in [0.1, 0.15) is 11.1 Å². The number of nitriles is 1. The molecule has 3 aromatic rings. The first-order valence-corrected chi connectivity index (χ1v) is 5.95.